The Hall–Kier alpha value is -1.02. The molecule has 17 heavy (non-hydrogen) atoms. The molecule has 0 aliphatic carbocycles. The van der Waals surface area contributed by atoms with Gasteiger partial charge in [0, 0.05) is 30.7 Å². The molecule has 2 unspecified atom stereocenters. The van der Waals surface area contributed by atoms with Crippen LogP contribution in [-0.4, -0.2) is 26.2 Å². The third kappa shape index (κ3) is 2.47. The number of hydrogen-bond donors (Lipinski definition) is 1. The lowest BCUT2D eigenvalue weighted by Crippen LogP contribution is -2.26. The van der Waals surface area contributed by atoms with Gasteiger partial charge in [-0.3, -0.25) is 0 Å². The first kappa shape index (κ1) is 12.4. The number of fused-ring (bicyclic) bond motifs is 1. The Kier molecular flexibility index (Phi) is 3.72. The highest BCUT2D eigenvalue weighted by Crippen LogP contribution is 2.38. The molecule has 1 aliphatic rings. The molecule has 1 aliphatic heterocycles. The molecule has 0 fully saturated rings. The van der Waals surface area contributed by atoms with Crippen LogP contribution in [0, 0.1) is 6.92 Å². The van der Waals surface area contributed by atoms with Crippen molar-refractivity contribution in [1.82, 2.24) is 5.32 Å². The minimum Gasteiger partial charge on any atom is -0.371 e. The van der Waals surface area contributed by atoms with E-state index in [1.165, 1.54) is 24.2 Å². The zero-order valence-corrected chi connectivity index (χ0v) is 11.5. The van der Waals surface area contributed by atoms with E-state index in [0.29, 0.717) is 12.0 Å². The third-order valence-electron chi connectivity index (χ3n) is 3.92. The lowest BCUT2D eigenvalue weighted by atomic mass is 9.93. The molecule has 0 saturated heterocycles. The van der Waals surface area contributed by atoms with Gasteiger partial charge >= 0.3 is 0 Å². The summed E-state index contributed by atoms with van der Waals surface area (Å²) in [4.78, 5) is 2.50. The van der Waals surface area contributed by atoms with E-state index in [-0.39, 0.29) is 0 Å². The Bertz CT molecular complexity index is 385. The number of hydrogen-bond acceptors (Lipinski definition) is 2. The van der Waals surface area contributed by atoms with Gasteiger partial charge in [0.05, 0.1) is 0 Å². The average Bonchev–Trinajstić information content (AvgIpc) is 2.66. The standard InChI is InChI=1S/C15H24N2/c1-5-17-10-13(9-12(3)16-4)14-8-11(2)6-7-15(14)17/h6-8,12-13,16H,5,9-10H2,1-4H3. The summed E-state index contributed by atoms with van der Waals surface area (Å²) in [5.74, 6) is 0.687. The monoisotopic (exact) mass is 232 g/mol. The first-order chi connectivity index (χ1) is 8.15. The highest BCUT2D eigenvalue weighted by molar-refractivity contribution is 5.61. The Balaban J connectivity index is 2.25. The number of nitrogens with zero attached hydrogens (tertiary/aromatic N) is 1. The SMILES string of the molecule is CCN1CC(CC(C)NC)c2cc(C)ccc21. The van der Waals surface area contributed by atoms with Crippen molar-refractivity contribution < 1.29 is 0 Å². The molecule has 2 heteroatoms. The molecular weight excluding hydrogens is 208 g/mol. The van der Waals surface area contributed by atoms with Gasteiger partial charge in [0.25, 0.3) is 0 Å². The summed E-state index contributed by atoms with van der Waals surface area (Å²) in [7, 11) is 2.05. The second kappa shape index (κ2) is 5.09. The second-order valence-electron chi connectivity index (χ2n) is 5.22. The third-order valence-corrected chi connectivity index (χ3v) is 3.92. The molecule has 1 aromatic rings. The van der Waals surface area contributed by atoms with Crippen molar-refractivity contribution in [2.24, 2.45) is 0 Å². The molecule has 0 saturated carbocycles. The molecular formula is C15H24N2. The van der Waals surface area contributed by atoms with Gasteiger partial charge in [-0.1, -0.05) is 17.7 Å². The van der Waals surface area contributed by atoms with E-state index in [4.69, 9.17) is 0 Å². The molecule has 0 bridgehead atoms. The van der Waals surface area contributed by atoms with Crippen molar-refractivity contribution >= 4 is 5.69 Å². The fraction of sp³-hybridized carbons (Fsp3) is 0.600. The number of anilines is 1. The minimum atomic E-state index is 0.588. The van der Waals surface area contributed by atoms with E-state index in [2.05, 4.69) is 49.2 Å². The number of rotatable bonds is 4. The summed E-state index contributed by atoms with van der Waals surface area (Å²) in [6.07, 6.45) is 1.23. The Morgan fingerprint density at radius 3 is 2.88 bits per heavy atom. The van der Waals surface area contributed by atoms with Crippen LogP contribution in [0.1, 0.15) is 37.3 Å². The van der Waals surface area contributed by atoms with Crippen LogP contribution < -0.4 is 10.2 Å². The summed E-state index contributed by atoms with van der Waals surface area (Å²) in [5.41, 5.74) is 4.38. The fourth-order valence-electron chi connectivity index (χ4n) is 2.80. The second-order valence-corrected chi connectivity index (χ2v) is 5.22. The first-order valence-corrected chi connectivity index (χ1v) is 6.68. The lowest BCUT2D eigenvalue weighted by molar-refractivity contribution is 0.506. The van der Waals surface area contributed by atoms with Crippen LogP contribution in [0.25, 0.3) is 0 Å². The van der Waals surface area contributed by atoms with Crippen molar-refractivity contribution in [3.8, 4) is 0 Å². The van der Waals surface area contributed by atoms with Crippen molar-refractivity contribution in [1.29, 1.82) is 0 Å². The number of nitrogens with one attached hydrogen (secondary N) is 1. The van der Waals surface area contributed by atoms with Gasteiger partial charge in [-0.25, -0.2) is 0 Å². The molecule has 0 spiro atoms. The minimum absolute atomic E-state index is 0.588. The summed E-state index contributed by atoms with van der Waals surface area (Å²) in [6.45, 7) is 8.99. The maximum atomic E-state index is 3.35. The van der Waals surface area contributed by atoms with Crippen molar-refractivity contribution in [3.05, 3.63) is 29.3 Å². The summed E-state index contributed by atoms with van der Waals surface area (Å²) >= 11 is 0. The van der Waals surface area contributed by atoms with E-state index in [1.54, 1.807) is 5.56 Å². The first-order valence-electron chi connectivity index (χ1n) is 6.68. The van der Waals surface area contributed by atoms with Gasteiger partial charge in [-0.2, -0.15) is 0 Å². The molecule has 1 heterocycles. The van der Waals surface area contributed by atoms with E-state index in [1.807, 2.05) is 7.05 Å². The Labute approximate surface area is 105 Å². The fourth-order valence-corrected chi connectivity index (χ4v) is 2.80. The summed E-state index contributed by atoms with van der Waals surface area (Å²) in [6, 6.07) is 7.48. The normalized spacial score (nSPS) is 20.5. The average molecular weight is 232 g/mol. The Morgan fingerprint density at radius 2 is 2.24 bits per heavy atom. The highest BCUT2D eigenvalue weighted by atomic mass is 15.1. The van der Waals surface area contributed by atoms with Gasteiger partial charge < -0.3 is 10.2 Å². The molecule has 0 aromatic heterocycles. The van der Waals surface area contributed by atoms with Crippen LogP contribution in [0.5, 0.6) is 0 Å². The zero-order valence-electron chi connectivity index (χ0n) is 11.5. The molecule has 94 valence electrons. The smallest absolute Gasteiger partial charge is 0.0402 e. The summed E-state index contributed by atoms with van der Waals surface area (Å²) in [5, 5.41) is 3.35. The molecule has 0 amide bonds. The predicted octanol–water partition coefficient (Wildman–Crippen LogP) is 2.92. The van der Waals surface area contributed by atoms with E-state index < -0.39 is 0 Å². The van der Waals surface area contributed by atoms with Crippen LogP contribution in [-0.2, 0) is 0 Å². The summed E-state index contributed by atoms with van der Waals surface area (Å²) < 4.78 is 0. The van der Waals surface area contributed by atoms with Gasteiger partial charge in [0.2, 0.25) is 0 Å². The van der Waals surface area contributed by atoms with Crippen LogP contribution in [0.4, 0.5) is 5.69 Å². The quantitative estimate of drug-likeness (QED) is 0.858. The molecule has 2 nitrogen and oxygen atoms in total. The number of aryl methyl sites for hydroxylation is 1. The number of likely N-dealkylation sites (N-methyl/N-ethyl adjacent to an activating group) is 1. The molecule has 2 rings (SSSR count). The number of benzene rings is 1. The van der Waals surface area contributed by atoms with Gasteiger partial charge in [-0.05, 0) is 45.9 Å². The molecule has 1 aromatic carbocycles. The molecule has 2 atom stereocenters. The van der Waals surface area contributed by atoms with E-state index >= 15 is 0 Å². The van der Waals surface area contributed by atoms with Crippen molar-refractivity contribution in [2.75, 3.05) is 25.0 Å². The maximum Gasteiger partial charge on any atom is 0.0402 e. The van der Waals surface area contributed by atoms with Crippen LogP contribution in [0.15, 0.2) is 18.2 Å². The van der Waals surface area contributed by atoms with Crippen molar-refractivity contribution in [2.45, 2.75) is 39.2 Å². The van der Waals surface area contributed by atoms with Crippen LogP contribution in [0.3, 0.4) is 0 Å². The van der Waals surface area contributed by atoms with Gasteiger partial charge in [-0.15, -0.1) is 0 Å². The van der Waals surface area contributed by atoms with Crippen LogP contribution in [0.2, 0.25) is 0 Å². The van der Waals surface area contributed by atoms with Gasteiger partial charge in [0.1, 0.15) is 0 Å². The van der Waals surface area contributed by atoms with E-state index in [0.717, 1.165) is 6.54 Å². The lowest BCUT2D eigenvalue weighted by Gasteiger charge is -2.18. The van der Waals surface area contributed by atoms with Crippen molar-refractivity contribution in [3.63, 3.8) is 0 Å². The van der Waals surface area contributed by atoms with Crippen LogP contribution >= 0.6 is 0 Å². The predicted molar refractivity (Wildman–Crippen MR) is 74.9 cm³/mol. The molecule has 1 N–H and O–H groups in total. The zero-order chi connectivity index (χ0) is 12.4. The molecule has 0 radical (unpaired) electrons. The van der Waals surface area contributed by atoms with E-state index in [9.17, 15) is 0 Å². The Morgan fingerprint density at radius 1 is 1.47 bits per heavy atom. The topological polar surface area (TPSA) is 15.3 Å². The highest BCUT2D eigenvalue weighted by Gasteiger charge is 2.28. The maximum absolute atomic E-state index is 3.35. The van der Waals surface area contributed by atoms with Gasteiger partial charge in [0.15, 0.2) is 0 Å². The largest absolute Gasteiger partial charge is 0.371 e.